The molecule has 0 heterocycles. The molecule has 1 unspecified atom stereocenters. The van der Waals surface area contributed by atoms with Gasteiger partial charge in [-0.3, -0.25) is 0 Å². The number of nitrogens with zero attached hydrogens (tertiary/aromatic N) is 1. The zero-order valence-corrected chi connectivity index (χ0v) is 14.5. The van der Waals surface area contributed by atoms with Crippen LogP contribution in [-0.4, -0.2) is 6.04 Å². The second-order valence-electron chi connectivity index (χ2n) is 5.30. The number of aryl methyl sites for hydroxylation is 1. The first-order valence-corrected chi connectivity index (χ1v) is 8.48. The fourth-order valence-corrected chi connectivity index (χ4v) is 3.67. The van der Waals surface area contributed by atoms with Gasteiger partial charge in [-0.15, -0.1) is 0 Å². The first-order chi connectivity index (χ1) is 10.2. The van der Waals surface area contributed by atoms with Crippen LogP contribution in [0.25, 0.3) is 0 Å². The number of anilines is 1. The van der Waals surface area contributed by atoms with E-state index in [2.05, 4.69) is 61.4 Å². The van der Waals surface area contributed by atoms with Crippen LogP contribution in [0.4, 0.5) is 5.69 Å². The maximum atomic E-state index is 8.91. The van der Waals surface area contributed by atoms with Crippen molar-refractivity contribution in [1.29, 1.82) is 5.26 Å². The number of halogens is 2. The summed E-state index contributed by atoms with van der Waals surface area (Å²) in [7, 11) is 0. The van der Waals surface area contributed by atoms with Gasteiger partial charge in [0.2, 0.25) is 0 Å². The van der Waals surface area contributed by atoms with Crippen molar-refractivity contribution in [1.82, 2.24) is 0 Å². The highest BCUT2D eigenvalue weighted by Crippen LogP contribution is 2.29. The van der Waals surface area contributed by atoms with E-state index in [0.29, 0.717) is 11.6 Å². The van der Waals surface area contributed by atoms with Gasteiger partial charge >= 0.3 is 0 Å². The van der Waals surface area contributed by atoms with Crippen LogP contribution < -0.4 is 5.32 Å². The molecule has 1 aliphatic carbocycles. The average Bonchev–Trinajstić information content (AvgIpc) is 2.49. The fourth-order valence-electron chi connectivity index (χ4n) is 2.77. The number of benzene rings is 2. The number of rotatable bonds is 2. The van der Waals surface area contributed by atoms with Crippen LogP contribution in [0, 0.1) is 11.3 Å². The van der Waals surface area contributed by atoms with Crippen molar-refractivity contribution in [2.75, 3.05) is 5.32 Å². The highest BCUT2D eigenvalue weighted by atomic mass is 79.9. The van der Waals surface area contributed by atoms with E-state index >= 15 is 0 Å². The van der Waals surface area contributed by atoms with Gasteiger partial charge in [0, 0.05) is 20.7 Å². The maximum Gasteiger partial charge on any atom is 0.0992 e. The summed E-state index contributed by atoms with van der Waals surface area (Å²) in [6, 6.07) is 14.8. The summed E-state index contributed by atoms with van der Waals surface area (Å²) in [6.07, 6.45) is 3.26. The first kappa shape index (κ1) is 14.6. The molecule has 1 N–H and O–H groups in total. The zero-order chi connectivity index (χ0) is 14.8. The predicted molar refractivity (Wildman–Crippen MR) is 92.4 cm³/mol. The molecular weight excluding hydrogens is 392 g/mol. The van der Waals surface area contributed by atoms with Crippen molar-refractivity contribution in [3.63, 3.8) is 0 Å². The van der Waals surface area contributed by atoms with Gasteiger partial charge in [0.25, 0.3) is 0 Å². The summed E-state index contributed by atoms with van der Waals surface area (Å²) in [5, 5.41) is 12.5. The molecule has 2 aromatic rings. The Labute approximate surface area is 141 Å². The van der Waals surface area contributed by atoms with E-state index in [9.17, 15) is 0 Å². The van der Waals surface area contributed by atoms with Crippen molar-refractivity contribution in [2.45, 2.75) is 25.3 Å². The largest absolute Gasteiger partial charge is 0.381 e. The molecule has 4 heteroatoms. The molecule has 0 amide bonds. The molecule has 0 radical (unpaired) electrons. The number of nitrogens with one attached hydrogen (secondary N) is 1. The lowest BCUT2D eigenvalue weighted by Crippen LogP contribution is -2.27. The second-order valence-corrected chi connectivity index (χ2v) is 7.07. The Morgan fingerprint density at radius 2 is 1.95 bits per heavy atom. The summed E-state index contributed by atoms with van der Waals surface area (Å²) in [6.45, 7) is 0. The number of fused-ring (bicyclic) bond motifs is 1. The lowest BCUT2D eigenvalue weighted by Gasteiger charge is -2.27. The van der Waals surface area contributed by atoms with E-state index in [1.54, 1.807) is 0 Å². The SMILES string of the molecule is N#Cc1ccc(NC2CCc3cc(Br)ccc3C2)c(Br)c1. The van der Waals surface area contributed by atoms with E-state index in [1.165, 1.54) is 11.1 Å². The molecule has 0 spiro atoms. The van der Waals surface area contributed by atoms with E-state index in [1.807, 2.05) is 18.2 Å². The molecule has 2 aromatic carbocycles. The monoisotopic (exact) mass is 404 g/mol. The molecule has 21 heavy (non-hydrogen) atoms. The van der Waals surface area contributed by atoms with E-state index < -0.39 is 0 Å². The van der Waals surface area contributed by atoms with Crippen molar-refractivity contribution < 1.29 is 0 Å². The fraction of sp³-hybridized carbons (Fsp3) is 0.235. The molecule has 0 aliphatic heterocycles. The minimum absolute atomic E-state index is 0.433. The Balaban J connectivity index is 1.75. The third-order valence-electron chi connectivity index (χ3n) is 3.85. The van der Waals surface area contributed by atoms with Crippen LogP contribution in [0.2, 0.25) is 0 Å². The summed E-state index contributed by atoms with van der Waals surface area (Å²) < 4.78 is 2.10. The Hall–Kier alpha value is -1.31. The zero-order valence-electron chi connectivity index (χ0n) is 11.4. The van der Waals surface area contributed by atoms with Gasteiger partial charge in [-0.25, -0.2) is 0 Å². The third-order valence-corrected chi connectivity index (χ3v) is 5.00. The molecule has 1 atom stereocenters. The molecule has 2 nitrogen and oxygen atoms in total. The molecule has 0 fully saturated rings. The van der Waals surface area contributed by atoms with Crippen molar-refractivity contribution in [3.05, 3.63) is 62.0 Å². The summed E-state index contributed by atoms with van der Waals surface area (Å²) >= 11 is 7.07. The molecule has 0 bridgehead atoms. The topological polar surface area (TPSA) is 35.8 Å². The van der Waals surface area contributed by atoms with E-state index in [-0.39, 0.29) is 0 Å². The van der Waals surface area contributed by atoms with Crippen LogP contribution in [-0.2, 0) is 12.8 Å². The summed E-state index contributed by atoms with van der Waals surface area (Å²) in [4.78, 5) is 0. The van der Waals surface area contributed by atoms with Gasteiger partial charge in [-0.1, -0.05) is 22.0 Å². The van der Waals surface area contributed by atoms with Crippen molar-refractivity contribution >= 4 is 37.5 Å². The molecule has 3 rings (SSSR count). The Kier molecular flexibility index (Phi) is 4.32. The van der Waals surface area contributed by atoms with Crippen LogP contribution in [0.15, 0.2) is 45.3 Å². The first-order valence-electron chi connectivity index (χ1n) is 6.89. The molecule has 1 aliphatic rings. The van der Waals surface area contributed by atoms with Crippen LogP contribution in [0.3, 0.4) is 0 Å². The standard InChI is InChI=1S/C17H14Br2N2/c18-14-4-2-13-9-15(5-3-12(13)8-14)21-17-6-1-11(10-20)7-16(17)19/h1-2,4,6-8,15,21H,3,5,9H2. The Morgan fingerprint density at radius 3 is 2.71 bits per heavy atom. The van der Waals surface area contributed by atoms with E-state index in [4.69, 9.17) is 5.26 Å². The van der Waals surface area contributed by atoms with Crippen LogP contribution in [0.1, 0.15) is 23.1 Å². The third kappa shape index (κ3) is 3.30. The second kappa shape index (κ2) is 6.21. The average molecular weight is 406 g/mol. The lowest BCUT2D eigenvalue weighted by molar-refractivity contribution is 0.610. The smallest absolute Gasteiger partial charge is 0.0992 e. The Morgan fingerprint density at radius 1 is 1.10 bits per heavy atom. The maximum absolute atomic E-state index is 8.91. The van der Waals surface area contributed by atoms with Gasteiger partial charge in [-0.2, -0.15) is 5.26 Å². The van der Waals surface area contributed by atoms with Crippen LogP contribution in [0.5, 0.6) is 0 Å². The quantitative estimate of drug-likeness (QED) is 0.758. The molecular formula is C17H14Br2N2. The molecule has 0 saturated heterocycles. The van der Waals surface area contributed by atoms with Gasteiger partial charge < -0.3 is 5.32 Å². The molecule has 106 valence electrons. The minimum atomic E-state index is 0.433. The highest BCUT2D eigenvalue weighted by molar-refractivity contribution is 9.10. The predicted octanol–water partition coefficient (Wildman–Crippen LogP) is 5.05. The molecule has 0 aromatic heterocycles. The summed E-state index contributed by atoms with van der Waals surface area (Å²) in [5.74, 6) is 0. The van der Waals surface area contributed by atoms with E-state index in [0.717, 1.165) is 33.9 Å². The lowest BCUT2D eigenvalue weighted by atomic mass is 9.88. The Bertz CT molecular complexity index is 719. The van der Waals surface area contributed by atoms with Gasteiger partial charge in [0.05, 0.1) is 11.6 Å². The molecule has 0 saturated carbocycles. The van der Waals surface area contributed by atoms with Gasteiger partial charge in [0.1, 0.15) is 0 Å². The normalized spacial score (nSPS) is 16.9. The van der Waals surface area contributed by atoms with Crippen LogP contribution >= 0.6 is 31.9 Å². The number of nitriles is 1. The van der Waals surface area contributed by atoms with Crippen molar-refractivity contribution in [3.8, 4) is 6.07 Å². The van der Waals surface area contributed by atoms with Gasteiger partial charge in [0.15, 0.2) is 0 Å². The summed E-state index contributed by atoms with van der Waals surface area (Å²) in [5.41, 5.74) is 4.60. The van der Waals surface area contributed by atoms with Gasteiger partial charge in [-0.05, 0) is 76.7 Å². The number of hydrogen-bond acceptors (Lipinski definition) is 2. The highest BCUT2D eigenvalue weighted by Gasteiger charge is 2.19. The minimum Gasteiger partial charge on any atom is -0.381 e. The van der Waals surface area contributed by atoms with Crippen molar-refractivity contribution in [2.24, 2.45) is 0 Å². The number of hydrogen-bond donors (Lipinski definition) is 1.